The second-order valence-corrected chi connectivity index (χ2v) is 5.82. The molecule has 124 valence electrons. The molecule has 24 heavy (non-hydrogen) atoms. The zero-order chi connectivity index (χ0) is 18.0. The maximum atomic E-state index is 12.1. The van der Waals surface area contributed by atoms with Crippen molar-refractivity contribution in [1.82, 2.24) is 9.80 Å². The minimum Gasteiger partial charge on any atom is -0.345 e. The zero-order valence-electron chi connectivity index (χ0n) is 14.0. The molecule has 0 saturated heterocycles. The molecule has 0 aromatic rings. The lowest BCUT2D eigenvalue weighted by molar-refractivity contribution is -0.128. The van der Waals surface area contributed by atoms with Crippen LogP contribution in [-0.4, -0.2) is 61.4 Å². The summed E-state index contributed by atoms with van der Waals surface area (Å²) in [6.45, 7) is 0. The fraction of sp³-hybridized carbons (Fsp3) is 0.222. The van der Waals surface area contributed by atoms with Gasteiger partial charge in [-0.1, -0.05) is 12.2 Å². The Hall–Kier alpha value is -3.02. The average Bonchev–Trinajstić information content (AvgIpc) is 2.54. The highest BCUT2D eigenvalue weighted by atomic mass is 16.2. The van der Waals surface area contributed by atoms with E-state index in [9.17, 15) is 19.2 Å². The number of rotatable bonds is 2. The van der Waals surface area contributed by atoms with E-state index >= 15 is 0 Å². The number of carbonyl (C=O) groups excluding carboxylic acids is 4. The minimum absolute atomic E-state index is 0.0455. The lowest BCUT2D eigenvalue weighted by Crippen LogP contribution is -2.28. The molecule has 0 aliphatic heterocycles. The Morgan fingerprint density at radius 3 is 1.29 bits per heavy atom. The van der Waals surface area contributed by atoms with Crippen LogP contribution in [0, 0.1) is 0 Å². The molecule has 0 atom stereocenters. The Morgan fingerprint density at radius 1 is 0.667 bits per heavy atom. The molecular weight excluding hydrogens is 308 g/mol. The van der Waals surface area contributed by atoms with E-state index in [2.05, 4.69) is 0 Å². The molecule has 0 aromatic carbocycles. The summed E-state index contributed by atoms with van der Waals surface area (Å²) in [6, 6.07) is 0. The van der Waals surface area contributed by atoms with E-state index in [0.29, 0.717) is 11.1 Å². The Balaban J connectivity index is 2.51. The van der Waals surface area contributed by atoms with Crippen molar-refractivity contribution in [3.63, 3.8) is 0 Å². The van der Waals surface area contributed by atoms with Gasteiger partial charge >= 0.3 is 0 Å². The van der Waals surface area contributed by atoms with Gasteiger partial charge in [0.2, 0.25) is 0 Å². The maximum Gasteiger partial charge on any atom is 0.257 e. The SMILES string of the molecule is CN(C)C(=O)C1=C/C(=C2\C=CC(=O)C(C(=O)N(C)C)=C2)C=CC1=O. The first-order valence-electron chi connectivity index (χ1n) is 7.28. The molecule has 2 aliphatic carbocycles. The van der Waals surface area contributed by atoms with Gasteiger partial charge in [0.25, 0.3) is 11.8 Å². The van der Waals surface area contributed by atoms with Crippen LogP contribution >= 0.6 is 0 Å². The smallest absolute Gasteiger partial charge is 0.257 e. The molecule has 0 spiro atoms. The first-order chi connectivity index (χ1) is 11.2. The number of amides is 2. The summed E-state index contributed by atoms with van der Waals surface area (Å²) >= 11 is 0. The summed E-state index contributed by atoms with van der Waals surface area (Å²) in [5.74, 6) is -1.54. The Morgan fingerprint density at radius 2 is 1.00 bits per heavy atom. The molecule has 0 aromatic heterocycles. The van der Waals surface area contributed by atoms with Gasteiger partial charge in [-0.25, -0.2) is 0 Å². The molecule has 2 amide bonds. The van der Waals surface area contributed by atoms with E-state index in [-0.39, 0.29) is 22.7 Å². The summed E-state index contributed by atoms with van der Waals surface area (Å²) in [6.07, 6.45) is 8.72. The number of allylic oxidation sites excluding steroid dienone is 8. The van der Waals surface area contributed by atoms with Crippen molar-refractivity contribution >= 4 is 23.4 Å². The van der Waals surface area contributed by atoms with Crippen LogP contribution < -0.4 is 0 Å². The Labute approximate surface area is 140 Å². The fourth-order valence-corrected chi connectivity index (χ4v) is 2.24. The molecule has 0 heterocycles. The van der Waals surface area contributed by atoms with Crippen LogP contribution in [0.1, 0.15) is 0 Å². The van der Waals surface area contributed by atoms with Crippen LogP contribution in [0.25, 0.3) is 0 Å². The van der Waals surface area contributed by atoms with Crippen LogP contribution in [-0.2, 0) is 19.2 Å². The largest absolute Gasteiger partial charge is 0.345 e. The molecule has 2 rings (SSSR count). The number of hydrogen-bond donors (Lipinski definition) is 0. The molecule has 6 heteroatoms. The second-order valence-electron chi connectivity index (χ2n) is 5.82. The third-order valence-electron chi connectivity index (χ3n) is 3.57. The predicted molar refractivity (Wildman–Crippen MR) is 88.9 cm³/mol. The van der Waals surface area contributed by atoms with E-state index < -0.39 is 11.8 Å². The molecule has 2 aliphatic rings. The van der Waals surface area contributed by atoms with Gasteiger partial charge in [-0.3, -0.25) is 19.2 Å². The van der Waals surface area contributed by atoms with Gasteiger partial charge in [-0.2, -0.15) is 0 Å². The van der Waals surface area contributed by atoms with Crippen molar-refractivity contribution in [2.24, 2.45) is 0 Å². The normalized spacial score (nSPS) is 19.8. The minimum atomic E-state index is -0.396. The first-order valence-corrected chi connectivity index (χ1v) is 7.28. The molecule has 0 bridgehead atoms. The molecular formula is C18H18N2O4. The van der Waals surface area contributed by atoms with E-state index in [1.807, 2.05) is 0 Å². The highest BCUT2D eigenvalue weighted by molar-refractivity contribution is 6.25. The second kappa shape index (κ2) is 6.62. The number of ketones is 2. The standard InChI is InChI=1S/C18H18N2O4/c1-19(2)17(23)13-9-11(5-7-15(13)21)12-6-8-16(22)14(10-12)18(24)20(3)4/h5-10H,1-4H3/b12-11+. The maximum absolute atomic E-state index is 12.1. The zero-order valence-corrected chi connectivity index (χ0v) is 14.0. The Bertz CT molecular complexity index is 724. The van der Waals surface area contributed by atoms with Crippen molar-refractivity contribution in [2.45, 2.75) is 0 Å². The Kier molecular flexibility index (Phi) is 4.78. The van der Waals surface area contributed by atoms with Crippen molar-refractivity contribution in [2.75, 3.05) is 28.2 Å². The average molecular weight is 326 g/mol. The first kappa shape index (κ1) is 17.3. The monoisotopic (exact) mass is 326 g/mol. The molecule has 0 unspecified atom stereocenters. The molecule has 0 saturated carbocycles. The van der Waals surface area contributed by atoms with Crippen LogP contribution in [0.2, 0.25) is 0 Å². The van der Waals surface area contributed by atoms with Gasteiger partial charge in [-0.05, 0) is 35.5 Å². The molecule has 6 nitrogen and oxygen atoms in total. The van der Waals surface area contributed by atoms with Crippen LogP contribution in [0.4, 0.5) is 0 Å². The third-order valence-corrected chi connectivity index (χ3v) is 3.57. The molecule has 0 N–H and O–H groups in total. The highest BCUT2D eigenvalue weighted by Gasteiger charge is 2.24. The van der Waals surface area contributed by atoms with Crippen molar-refractivity contribution in [3.05, 3.63) is 58.7 Å². The van der Waals surface area contributed by atoms with Crippen molar-refractivity contribution in [3.8, 4) is 0 Å². The lowest BCUT2D eigenvalue weighted by Gasteiger charge is -2.17. The van der Waals surface area contributed by atoms with Crippen LogP contribution in [0.3, 0.4) is 0 Å². The van der Waals surface area contributed by atoms with Gasteiger partial charge in [0, 0.05) is 28.2 Å². The number of hydrogen-bond acceptors (Lipinski definition) is 4. The number of nitrogens with zero attached hydrogens (tertiary/aromatic N) is 2. The molecule has 0 radical (unpaired) electrons. The van der Waals surface area contributed by atoms with Crippen molar-refractivity contribution < 1.29 is 19.2 Å². The van der Waals surface area contributed by atoms with Gasteiger partial charge < -0.3 is 9.80 Å². The quantitative estimate of drug-likeness (QED) is 0.696. The van der Waals surface area contributed by atoms with E-state index in [0.717, 1.165) is 0 Å². The van der Waals surface area contributed by atoms with Crippen LogP contribution in [0.15, 0.2) is 58.7 Å². The topological polar surface area (TPSA) is 74.8 Å². The van der Waals surface area contributed by atoms with Gasteiger partial charge in [0.15, 0.2) is 11.6 Å². The molecule has 0 fully saturated rings. The number of carbonyl (C=O) groups is 4. The predicted octanol–water partition coefficient (Wildman–Crippen LogP) is 0.590. The van der Waals surface area contributed by atoms with Gasteiger partial charge in [0.05, 0.1) is 11.1 Å². The van der Waals surface area contributed by atoms with Crippen LogP contribution in [0.5, 0.6) is 0 Å². The van der Waals surface area contributed by atoms with Gasteiger partial charge in [0.1, 0.15) is 0 Å². The number of likely N-dealkylation sites (N-methyl/N-ethyl adjacent to an activating group) is 2. The summed E-state index contributed by atoms with van der Waals surface area (Å²) in [5.41, 5.74) is 1.27. The summed E-state index contributed by atoms with van der Waals surface area (Å²) < 4.78 is 0. The highest BCUT2D eigenvalue weighted by Crippen LogP contribution is 2.23. The summed E-state index contributed by atoms with van der Waals surface area (Å²) in [5, 5.41) is 0. The van der Waals surface area contributed by atoms with E-state index in [4.69, 9.17) is 0 Å². The van der Waals surface area contributed by atoms with Gasteiger partial charge in [-0.15, -0.1) is 0 Å². The van der Waals surface area contributed by atoms with Crippen molar-refractivity contribution in [1.29, 1.82) is 0 Å². The van der Waals surface area contributed by atoms with E-state index in [1.54, 1.807) is 40.3 Å². The summed E-state index contributed by atoms with van der Waals surface area (Å²) in [7, 11) is 6.26. The fourth-order valence-electron chi connectivity index (χ4n) is 2.24. The lowest BCUT2D eigenvalue weighted by atomic mass is 9.91. The van der Waals surface area contributed by atoms with E-state index in [1.165, 1.54) is 34.1 Å². The third kappa shape index (κ3) is 3.32. The summed E-state index contributed by atoms with van der Waals surface area (Å²) in [4.78, 5) is 50.6.